The van der Waals surface area contributed by atoms with E-state index in [1.165, 1.54) is 16.7 Å². The molecule has 0 aliphatic carbocycles. The number of carboxylic acid groups (broad SMARTS) is 1. The average Bonchev–Trinajstić information content (AvgIpc) is 3.78. The van der Waals surface area contributed by atoms with Crippen molar-refractivity contribution in [1.29, 1.82) is 0 Å². The van der Waals surface area contributed by atoms with Crippen molar-refractivity contribution in [2.75, 3.05) is 49.7 Å². The van der Waals surface area contributed by atoms with Crippen LogP contribution in [0.3, 0.4) is 0 Å². The molecule has 14 N–H and O–H groups in total. The summed E-state index contributed by atoms with van der Waals surface area (Å²) >= 11 is 9.99. The molecule has 0 unspecified atom stereocenters. The summed E-state index contributed by atoms with van der Waals surface area (Å²) in [6.07, 6.45) is 6.24. The molecule has 24 heteroatoms. The third kappa shape index (κ3) is 21.4. The number of hydrogen-bond donors (Lipinski definition) is 13. The monoisotopic (exact) mass is 992 g/mol. The van der Waals surface area contributed by atoms with Crippen LogP contribution in [0.2, 0.25) is 0 Å². The Morgan fingerprint density at radius 2 is 1.26 bits per heavy atom. The molecule has 0 bridgehead atoms. The number of nitrogens with one attached hydrogen (secondary N) is 7. The summed E-state index contributed by atoms with van der Waals surface area (Å²) in [7, 11) is 0. The Morgan fingerprint density at radius 3 is 1.80 bits per heavy atom. The van der Waals surface area contributed by atoms with Crippen molar-refractivity contribution >= 4 is 90.2 Å². The Labute approximate surface area is 404 Å². The molecule has 1 aliphatic rings. The summed E-state index contributed by atoms with van der Waals surface area (Å²) in [4.78, 5) is 120. The zero-order valence-corrected chi connectivity index (χ0v) is 41.7. The number of likely N-dealkylation sites (tertiary alicyclic amines) is 1. The SMILES string of the molecule is CC[C@H](C)[C@H](NC(=O)[C@H](CS)NC(=O)CNC(=O)[C@H](CS)NC(=O)[C@H](CCCCN)NC(=O)[C@H](CC(C)C)NC(=O)[C@@H](N)CCSC)C(=O)N1CCC[C@H]1C(=O)N[C@@H](CCCCN)C(=O)O. The van der Waals surface area contributed by atoms with Gasteiger partial charge in [-0.3, -0.25) is 38.4 Å². The van der Waals surface area contributed by atoms with Crippen molar-refractivity contribution < 1.29 is 48.3 Å². The number of carbonyl (C=O) groups is 9. The van der Waals surface area contributed by atoms with Crippen molar-refractivity contribution in [1.82, 2.24) is 42.1 Å². The number of nitrogens with two attached hydrogens (primary N) is 3. The van der Waals surface area contributed by atoms with E-state index in [2.05, 4.69) is 62.5 Å². The second kappa shape index (κ2) is 32.8. The minimum Gasteiger partial charge on any atom is -0.480 e. The van der Waals surface area contributed by atoms with Gasteiger partial charge in [0.05, 0.1) is 12.6 Å². The molecule has 378 valence electrons. The molecule has 0 aromatic rings. The summed E-state index contributed by atoms with van der Waals surface area (Å²) < 4.78 is 0. The molecule has 8 amide bonds. The highest BCUT2D eigenvalue weighted by Crippen LogP contribution is 2.22. The number of thioether (sulfide) groups is 1. The highest BCUT2D eigenvalue weighted by molar-refractivity contribution is 7.98. The molecule has 1 heterocycles. The molecule has 0 spiro atoms. The Hall–Kier alpha value is -3.84. The quantitative estimate of drug-likeness (QED) is 0.0260. The van der Waals surface area contributed by atoms with Gasteiger partial charge in [-0.25, -0.2) is 4.79 Å². The first-order valence-electron chi connectivity index (χ1n) is 22.8. The van der Waals surface area contributed by atoms with E-state index in [1.807, 2.05) is 27.0 Å². The predicted molar refractivity (Wildman–Crippen MR) is 260 cm³/mol. The summed E-state index contributed by atoms with van der Waals surface area (Å²) in [5.74, 6) is -6.60. The number of carbonyl (C=O) groups excluding carboxylic acids is 8. The van der Waals surface area contributed by atoms with Crippen molar-refractivity contribution in [3.63, 3.8) is 0 Å². The van der Waals surface area contributed by atoms with Crippen LogP contribution < -0.4 is 54.4 Å². The average molecular weight is 992 g/mol. The van der Waals surface area contributed by atoms with Gasteiger partial charge in [-0.2, -0.15) is 37.0 Å². The van der Waals surface area contributed by atoms with E-state index in [1.54, 1.807) is 6.92 Å². The predicted octanol–water partition coefficient (Wildman–Crippen LogP) is -1.62. The number of amides is 8. The van der Waals surface area contributed by atoms with E-state index in [4.69, 9.17) is 17.2 Å². The van der Waals surface area contributed by atoms with Gasteiger partial charge in [0.1, 0.15) is 42.3 Å². The van der Waals surface area contributed by atoms with Gasteiger partial charge in [0.15, 0.2) is 0 Å². The first-order chi connectivity index (χ1) is 31.3. The standard InChI is InChI=1S/C42H77N11O10S3/c1-6-25(4)34(41(61)53-18-11-14-32(53)40(60)49-28(42(62)63)13-8-10-17-44)52-39(59)31(23-65)47-33(54)21-46-36(56)30(22-64)51-37(57)27(12-7-9-16-43)48-38(58)29(20-24(2)3)50-35(55)26(45)15-19-66-5/h24-32,34,64-65H,6-23,43-45H2,1-5H3,(H,46,56)(H,47,54)(H,48,58)(H,49,60)(H,50,55)(H,51,57)(H,52,59)(H,62,63)/t25-,26-,27-,28-,29-,30-,31-,32-,34-/m0/s1. The zero-order valence-electron chi connectivity index (χ0n) is 39.1. The van der Waals surface area contributed by atoms with Crippen LogP contribution in [0.1, 0.15) is 98.3 Å². The molecular weight excluding hydrogens is 915 g/mol. The van der Waals surface area contributed by atoms with E-state index < -0.39 is 114 Å². The number of carboxylic acids is 1. The first kappa shape index (κ1) is 60.2. The number of nitrogens with zero attached hydrogens (tertiary/aromatic N) is 1. The van der Waals surface area contributed by atoms with Crippen molar-refractivity contribution in [3.8, 4) is 0 Å². The van der Waals surface area contributed by atoms with Gasteiger partial charge in [0.2, 0.25) is 47.3 Å². The van der Waals surface area contributed by atoms with E-state index in [0.717, 1.165) is 0 Å². The Bertz CT molecular complexity index is 1600. The topological polar surface area (TPSA) is 339 Å². The van der Waals surface area contributed by atoms with Crippen LogP contribution in [-0.4, -0.2) is 161 Å². The summed E-state index contributed by atoms with van der Waals surface area (Å²) in [6, 6.07) is -8.64. The maximum absolute atomic E-state index is 14.0. The summed E-state index contributed by atoms with van der Waals surface area (Å²) in [5, 5.41) is 27.9. The Morgan fingerprint density at radius 1 is 0.712 bits per heavy atom. The summed E-state index contributed by atoms with van der Waals surface area (Å²) in [6.45, 7) is 7.64. The molecular formula is C42H77N11O10S3. The molecule has 0 saturated carbocycles. The lowest BCUT2D eigenvalue weighted by molar-refractivity contribution is -0.145. The summed E-state index contributed by atoms with van der Waals surface area (Å²) in [5.41, 5.74) is 17.2. The fraction of sp³-hybridized carbons (Fsp3) is 0.786. The molecule has 1 fully saturated rings. The molecule has 1 rings (SSSR count). The number of thiol groups is 2. The van der Waals surface area contributed by atoms with Gasteiger partial charge in [0.25, 0.3) is 0 Å². The number of unbranched alkanes of at least 4 members (excludes halogenated alkanes) is 2. The fourth-order valence-electron chi connectivity index (χ4n) is 7.02. The van der Waals surface area contributed by atoms with Crippen LogP contribution in [0.15, 0.2) is 0 Å². The van der Waals surface area contributed by atoms with Gasteiger partial charge >= 0.3 is 5.97 Å². The minimum atomic E-state index is -1.26. The lowest BCUT2D eigenvalue weighted by atomic mass is 9.97. The molecule has 0 aromatic heterocycles. The highest BCUT2D eigenvalue weighted by Gasteiger charge is 2.41. The van der Waals surface area contributed by atoms with E-state index >= 15 is 0 Å². The molecule has 21 nitrogen and oxygen atoms in total. The van der Waals surface area contributed by atoms with Crippen LogP contribution >= 0.6 is 37.0 Å². The van der Waals surface area contributed by atoms with Crippen LogP contribution in [0.25, 0.3) is 0 Å². The van der Waals surface area contributed by atoms with E-state index in [0.29, 0.717) is 70.2 Å². The first-order valence-corrected chi connectivity index (χ1v) is 25.4. The lowest BCUT2D eigenvalue weighted by Gasteiger charge is -2.32. The number of hydrogen-bond acceptors (Lipinski definition) is 15. The molecule has 66 heavy (non-hydrogen) atoms. The van der Waals surface area contributed by atoms with E-state index in [-0.39, 0.29) is 43.2 Å². The number of rotatable bonds is 33. The van der Waals surface area contributed by atoms with Crippen LogP contribution in [-0.2, 0) is 43.2 Å². The molecule has 1 aliphatic heterocycles. The van der Waals surface area contributed by atoms with Crippen molar-refractivity contribution in [3.05, 3.63) is 0 Å². The lowest BCUT2D eigenvalue weighted by Crippen LogP contribution is -2.60. The maximum Gasteiger partial charge on any atom is 0.326 e. The zero-order chi connectivity index (χ0) is 49.9. The maximum atomic E-state index is 14.0. The second-order valence-corrected chi connectivity index (χ2v) is 18.6. The highest BCUT2D eigenvalue weighted by atomic mass is 32.2. The number of aliphatic carboxylic acids is 1. The van der Waals surface area contributed by atoms with Gasteiger partial charge in [-0.05, 0) is 101 Å². The van der Waals surface area contributed by atoms with Crippen LogP contribution in [0.4, 0.5) is 0 Å². The normalized spacial score (nSPS) is 17.2. The third-order valence-electron chi connectivity index (χ3n) is 11.1. The van der Waals surface area contributed by atoms with Gasteiger partial charge in [-0.1, -0.05) is 34.1 Å². The van der Waals surface area contributed by atoms with Gasteiger partial charge < -0.3 is 64.4 Å². The van der Waals surface area contributed by atoms with Crippen LogP contribution in [0.5, 0.6) is 0 Å². The third-order valence-corrected chi connectivity index (χ3v) is 12.5. The molecule has 0 aromatic carbocycles. The molecule has 0 radical (unpaired) electrons. The largest absolute Gasteiger partial charge is 0.480 e. The molecule has 9 atom stereocenters. The Balaban J connectivity index is 3.01. The minimum absolute atomic E-state index is 0.000281. The van der Waals surface area contributed by atoms with Crippen LogP contribution in [0, 0.1) is 11.8 Å². The fourth-order valence-corrected chi connectivity index (χ4v) is 8.03. The van der Waals surface area contributed by atoms with Crippen molar-refractivity contribution in [2.24, 2.45) is 29.0 Å². The van der Waals surface area contributed by atoms with Gasteiger partial charge in [0, 0.05) is 18.1 Å². The smallest absolute Gasteiger partial charge is 0.326 e. The Kier molecular flexibility index (Phi) is 29.9. The second-order valence-electron chi connectivity index (χ2n) is 16.9. The van der Waals surface area contributed by atoms with Gasteiger partial charge in [-0.15, -0.1) is 0 Å². The van der Waals surface area contributed by atoms with Crippen molar-refractivity contribution in [2.45, 2.75) is 147 Å². The molecule has 1 saturated heterocycles. The van der Waals surface area contributed by atoms with E-state index in [9.17, 15) is 48.3 Å².